The third-order valence-corrected chi connectivity index (χ3v) is 14.0. The molecule has 2 heteroatoms. The first-order valence-corrected chi connectivity index (χ1v) is 23.9. The molecule has 0 atom stereocenters. The van der Waals surface area contributed by atoms with Gasteiger partial charge in [-0.25, -0.2) is 0 Å². The van der Waals surface area contributed by atoms with Crippen molar-refractivity contribution >= 4 is 17.1 Å². The van der Waals surface area contributed by atoms with Gasteiger partial charge in [0.15, 0.2) is 0 Å². The monoisotopic (exact) mass is 882 g/mol. The average Bonchev–Trinajstić information content (AvgIpc) is 3.90. The summed E-state index contributed by atoms with van der Waals surface area (Å²) in [5.41, 5.74) is 23.8. The fourth-order valence-electron chi connectivity index (χ4n) is 10.7. The zero-order valence-electron chi connectivity index (χ0n) is 38.8. The van der Waals surface area contributed by atoms with Crippen molar-refractivity contribution in [3.05, 3.63) is 278 Å². The summed E-state index contributed by atoms with van der Waals surface area (Å²) in [5.74, 6) is 0. The average molecular weight is 883 g/mol. The van der Waals surface area contributed by atoms with E-state index in [-0.39, 0.29) is 5.41 Å². The SMILES string of the molecule is CC1(C)c2ccccc2-c2ccc(N(c3ccc(-c4ccccc4)cc3)c3ccc(-c4ccc(-c5c(-c6ccccc6)c(-c6ccccc6)n(-c6ccccc6)c5-c5ccccc5)cc4)cc3)cc21. The van der Waals surface area contributed by atoms with Crippen molar-refractivity contribution < 1.29 is 0 Å². The summed E-state index contributed by atoms with van der Waals surface area (Å²) in [6, 6.07) is 97.2. The topological polar surface area (TPSA) is 8.17 Å². The van der Waals surface area contributed by atoms with Gasteiger partial charge in [-0.2, -0.15) is 0 Å². The van der Waals surface area contributed by atoms with Crippen LogP contribution in [0.3, 0.4) is 0 Å². The molecule has 2 nitrogen and oxygen atoms in total. The van der Waals surface area contributed by atoms with Crippen molar-refractivity contribution in [3.8, 4) is 83.8 Å². The minimum Gasteiger partial charge on any atom is -0.310 e. The number of benzene rings is 10. The van der Waals surface area contributed by atoms with Gasteiger partial charge in [-0.1, -0.05) is 232 Å². The van der Waals surface area contributed by atoms with Gasteiger partial charge < -0.3 is 9.47 Å². The van der Waals surface area contributed by atoms with Crippen LogP contribution >= 0.6 is 0 Å². The standard InChI is InChI=1S/C67H50N2/c1-67(2)61-31-19-18-30-59(61)60-45-44-58(46-62(60)67)68(56-40-36-49(37-41-56)47-20-8-3-9-21-47)57-42-38-50(39-43-57)48-32-34-52(35-33-48)64-63(51-22-10-4-11-23-51)65(53-24-12-5-13-25-53)69(55-28-16-7-17-29-55)66(64)54-26-14-6-15-27-54/h3-46H,1-2H3. The van der Waals surface area contributed by atoms with Crippen molar-refractivity contribution in [1.82, 2.24) is 4.57 Å². The van der Waals surface area contributed by atoms with E-state index in [1.165, 1.54) is 50.1 Å². The molecular weight excluding hydrogens is 833 g/mol. The molecular formula is C67H50N2. The van der Waals surface area contributed by atoms with Gasteiger partial charge in [0.05, 0.1) is 11.4 Å². The molecule has 0 saturated heterocycles. The molecule has 328 valence electrons. The normalized spacial score (nSPS) is 12.3. The Balaban J connectivity index is 0.968. The van der Waals surface area contributed by atoms with Gasteiger partial charge in [-0.3, -0.25) is 0 Å². The molecule has 69 heavy (non-hydrogen) atoms. The summed E-state index contributed by atoms with van der Waals surface area (Å²) < 4.78 is 2.47. The highest BCUT2D eigenvalue weighted by Gasteiger charge is 2.36. The van der Waals surface area contributed by atoms with Crippen LogP contribution in [-0.2, 0) is 5.41 Å². The van der Waals surface area contributed by atoms with Gasteiger partial charge in [-0.05, 0) is 115 Å². The Bertz CT molecular complexity index is 3460. The predicted octanol–water partition coefficient (Wildman–Crippen LogP) is 18.3. The first-order valence-electron chi connectivity index (χ1n) is 23.9. The Morgan fingerprint density at radius 1 is 0.290 bits per heavy atom. The molecule has 0 amide bonds. The summed E-state index contributed by atoms with van der Waals surface area (Å²) in [4.78, 5) is 2.40. The Morgan fingerprint density at radius 3 is 1.14 bits per heavy atom. The maximum Gasteiger partial charge on any atom is 0.0619 e. The number of anilines is 3. The second kappa shape index (κ2) is 17.5. The fraction of sp³-hybridized carbons (Fsp3) is 0.0448. The van der Waals surface area contributed by atoms with Crippen LogP contribution in [0.15, 0.2) is 267 Å². The van der Waals surface area contributed by atoms with Gasteiger partial charge in [-0.15, -0.1) is 0 Å². The van der Waals surface area contributed by atoms with Gasteiger partial charge >= 0.3 is 0 Å². The highest BCUT2D eigenvalue weighted by atomic mass is 15.1. The Morgan fingerprint density at radius 2 is 0.638 bits per heavy atom. The van der Waals surface area contributed by atoms with Crippen LogP contribution < -0.4 is 4.90 Å². The van der Waals surface area contributed by atoms with Crippen molar-refractivity contribution in [2.24, 2.45) is 0 Å². The van der Waals surface area contributed by atoms with Crippen molar-refractivity contribution in [2.45, 2.75) is 19.3 Å². The number of rotatable bonds is 10. The summed E-state index contributed by atoms with van der Waals surface area (Å²) in [5, 5.41) is 0. The third kappa shape index (κ3) is 7.48. The summed E-state index contributed by atoms with van der Waals surface area (Å²) in [7, 11) is 0. The number of para-hydroxylation sites is 1. The first-order chi connectivity index (χ1) is 34.0. The predicted molar refractivity (Wildman–Crippen MR) is 291 cm³/mol. The molecule has 0 spiro atoms. The number of fused-ring (bicyclic) bond motifs is 3. The van der Waals surface area contributed by atoms with Crippen LogP contribution in [0.4, 0.5) is 17.1 Å². The van der Waals surface area contributed by atoms with Crippen molar-refractivity contribution in [1.29, 1.82) is 0 Å². The Hall–Kier alpha value is -8.72. The maximum absolute atomic E-state index is 2.47. The molecule has 0 radical (unpaired) electrons. The lowest BCUT2D eigenvalue weighted by atomic mass is 9.82. The van der Waals surface area contributed by atoms with Crippen LogP contribution in [0, 0.1) is 0 Å². The minimum atomic E-state index is -0.113. The fourth-order valence-corrected chi connectivity index (χ4v) is 10.7. The molecule has 12 rings (SSSR count). The van der Waals surface area contributed by atoms with Crippen LogP contribution in [0.25, 0.3) is 83.8 Å². The highest BCUT2D eigenvalue weighted by Crippen LogP contribution is 2.52. The molecule has 1 heterocycles. The molecule has 0 saturated carbocycles. The van der Waals surface area contributed by atoms with E-state index in [4.69, 9.17) is 0 Å². The molecule has 0 unspecified atom stereocenters. The second-order valence-corrected chi connectivity index (χ2v) is 18.5. The first kappa shape index (κ1) is 41.7. The Kier molecular flexibility index (Phi) is 10.6. The third-order valence-electron chi connectivity index (χ3n) is 14.0. The molecule has 11 aromatic rings. The number of hydrogen-bond acceptors (Lipinski definition) is 1. The van der Waals surface area contributed by atoms with Gasteiger partial charge in [0.25, 0.3) is 0 Å². The molecule has 1 aliphatic carbocycles. The summed E-state index contributed by atoms with van der Waals surface area (Å²) >= 11 is 0. The maximum atomic E-state index is 2.47. The van der Waals surface area contributed by atoms with Gasteiger partial charge in [0.1, 0.15) is 0 Å². The van der Waals surface area contributed by atoms with E-state index in [0.717, 1.165) is 62.0 Å². The second-order valence-electron chi connectivity index (χ2n) is 18.5. The zero-order chi connectivity index (χ0) is 46.3. The molecule has 0 bridgehead atoms. The van der Waals surface area contributed by atoms with Crippen molar-refractivity contribution in [3.63, 3.8) is 0 Å². The lowest BCUT2D eigenvalue weighted by Crippen LogP contribution is -2.16. The van der Waals surface area contributed by atoms with Gasteiger partial charge in [0.2, 0.25) is 0 Å². The molecule has 0 aliphatic heterocycles. The van der Waals surface area contributed by atoms with E-state index < -0.39 is 0 Å². The molecule has 10 aromatic carbocycles. The number of nitrogens with zero attached hydrogens (tertiary/aromatic N) is 2. The molecule has 1 aliphatic rings. The van der Waals surface area contributed by atoms with E-state index >= 15 is 0 Å². The van der Waals surface area contributed by atoms with Crippen LogP contribution in [-0.4, -0.2) is 4.57 Å². The van der Waals surface area contributed by atoms with Gasteiger partial charge in [0, 0.05) is 39.3 Å². The van der Waals surface area contributed by atoms with E-state index in [0.29, 0.717) is 0 Å². The van der Waals surface area contributed by atoms with E-state index in [9.17, 15) is 0 Å². The lowest BCUT2D eigenvalue weighted by molar-refractivity contribution is 0.660. The lowest BCUT2D eigenvalue weighted by Gasteiger charge is -2.28. The number of aromatic nitrogens is 1. The van der Waals surface area contributed by atoms with E-state index in [1.807, 2.05) is 0 Å². The quantitative estimate of drug-likeness (QED) is 0.133. The van der Waals surface area contributed by atoms with Crippen molar-refractivity contribution in [2.75, 3.05) is 4.90 Å². The molecule has 0 N–H and O–H groups in total. The Labute approximate surface area is 405 Å². The highest BCUT2D eigenvalue weighted by molar-refractivity contribution is 6.03. The minimum absolute atomic E-state index is 0.113. The largest absolute Gasteiger partial charge is 0.310 e. The summed E-state index contributed by atoms with van der Waals surface area (Å²) in [6.45, 7) is 4.71. The van der Waals surface area contributed by atoms with E-state index in [2.05, 4.69) is 290 Å². The summed E-state index contributed by atoms with van der Waals surface area (Å²) in [6.07, 6.45) is 0. The zero-order valence-corrected chi connectivity index (χ0v) is 38.8. The molecule has 1 aromatic heterocycles. The van der Waals surface area contributed by atoms with Crippen LogP contribution in [0.1, 0.15) is 25.0 Å². The van der Waals surface area contributed by atoms with Crippen LogP contribution in [0.2, 0.25) is 0 Å². The smallest absolute Gasteiger partial charge is 0.0619 e. The van der Waals surface area contributed by atoms with Crippen LogP contribution in [0.5, 0.6) is 0 Å². The van der Waals surface area contributed by atoms with E-state index in [1.54, 1.807) is 0 Å². The number of hydrogen-bond donors (Lipinski definition) is 0. The molecule has 0 fully saturated rings.